The van der Waals surface area contributed by atoms with Crippen molar-refractivity contribution in [1.82, 2.24) is 20.0 Å². The number of carbonyl (C=O) groups excluding carboxylic acids is 1. The van der Waals surface area contributed by atoms with Crippen molar-refractivity contribution in [3.63, 3.8) is 0 Å². The molecule has 2 saturated heterocycles. The monoisotopic (exact) mass is 234 g/mol. The predicted octanol–water partition coefficient (Wildman–Crippen LogP) is 0.244. The van der Waals surface area contributed by atoms with Crippen molar-refractivity contribution in [2.75, 3.05) is 19.6 Å². The number of hydrogen-bond donors (Lipinski definition) is 1. The molecule has 17 heavy (non-hydrogen) atoms. The molecule has 2 aliphatic heterocycles. The molecule has 5 nitrogen and oxygen atoms in total. The molecular weight excluding hydrogens is 216 g/mol. The maximum Gasteiger partial charge on any atom is 0.257 e. The van der Waals surface area contributed by atoms with Crippen molar-refractivity contribution < 1.29 is 4.79 Å². The first-order valence-electron chi connectivity index (χ1n) is 6.25. The summed E-state index contributed by atoms with van der Waals surface area (Å²) in [5, 5.41) is 7.56. The Labute approximate surface area is 101 Å². The highest BCUT2D eigenvalue weighted by Gasteiger charge is 2.34. The fraction of sp³-hybridized carbons (Fsp3) is 0.667. The van der Waals surface area contributed by atoms with E-state index in [4.69, 9.17) is 0 Å². The molecule has 0 aliphatic carbocycles. The fourth-order valence-electron chi connectivity index (χ4n) is 2.95. The Bertz CT molecular complexity index is 428. The van der Waals surface area contributed by atoms with E-state index in [1.165, 1.54) is 6.42 Å². The summed E-state index contributed by atoms with van der Waals surface area (Å²) in [5.41, 5.74) is 0.705. The number of likely N-dealkylation sites (tertiary alicyclic amines) is 1. The molecule has 0 radical (unpaired) electrons. The van der Waals surface area contributed by atoms with Gasteiger partial charge in [0.25, 0.3) is 5.91 Å². The third kappa shape index (κ3) is 1.95. The molecule has 3 rings (SSSR count). The van der Waals surface area contributed by atoms with Gasteiger partial charge in [0, 0.05) is 32.4 Å². The van der Waals surface area contributed by atoms with Gasteiger partial charge in [-0.05, 0) is 25.3 Å². The fourth-order valence-corrected chi connectivity index (χ4v) is 2.95. The lowest BCUT2D eigenvalue weighted by Crippen LogP contribution is -2.46. The van der Waals surface area contributed by atoms with Crippen molar-refractivity contribution in [2.45, 2.75) is 18.9 Å². The minimum atomic E-state index is 0.128. The molecule has 2 fully saturated rings. The van der Waals surface area contributed by atoms with Crippen LogP contribution in [0.15, 0.2) is 12.4 Å². The van der Waals surface area contributed by atoms with Crippen LogP contribution in [0.2, 0.25) is 0 Å². The lowest BCUT2D eigenvalue weighted by molar-refractivity contribution is 0.0662. The molecule has 2 atom stereocenters. The predicted molar refractivity (Wildman–Crippen MR) is 63.6 cm³/mol. The Hall–Kier alpha value is -1.36. The number of aromatic nitrogens is 2. The maximum absolute atomic E-state index is 12.3. The van der Waals surface area contributed by atoms with Crippen LogP contribution in [0.3, 0.4) is 0 Å². The minimum Gasteiger partial charge on any atom is -0.338 e. The maximum atomic E-state index is 12.3. The highest BCUT2D eigenvalue weighted by molar-refractivity contribution is 5.93. The summed E-state index contributed by atoms with van der Waals surface area (Å²) in [6.07, 6.45) is 5.72. The normalized spacial score (nSPS) is 28.2. The van der Waals surface area contributed by atoms with Crippen LogP contribution in [0.25, 0.3) is 0 Å². The van der Waals surface area contributed by atoms with Gasteiger partial charge in [-0.15, -0.1) is 0 Å². The first kappa shape index (κ1) is 10.8. The van der Waals surface area contributed by atoms with Gasteiger partial charge < -0.3 is 10.2 Å². The van der Waals surface area contributed by atoms with Gasteiger partial charge in [0.1, 0.15) is 0 Å². The highest BCUT2D eigenvalue weighted by Crippen LogP contribution is 2.25. The largest absolute Gasteiger partial charge is 0.338 e. The summed E-state index contributed by atoms with van der Waals surface area (Å²) in [6.45, 7) is 2.86. The average molecular weight is 234 g/mol. The number of fused-ring (bicyclic) bond motifs is 1. The molecule has 0 bridgehead atoms. The number of aryl methyl sites for hydroxylation is 1. The van der Waals surface area contributed by atoms with Crippen molar-refractivity contribution >= 4 is 5.91 Å². The quantitative estimate of drug-likeness (QED) is 0.757. The summed E-state index contributed by atoms with van der Waals surface area (Å²) in [4.78, 5) is 14.2. The Morgan fingerprint density at radius 1 is 1.53 bits per heavy atom. The number of nitrogens with one attached hydrogen (secondary N) is 1. The number of piperidine rings is 1. The molecule has 92 valence electrons. The summed E-state index contributed by atoms with van der Waals surface area (Å²) < 4.78 is 1.68. The molecule has 0 spiro atoms. The molecule has 1 aromatic heterocycles. The SMILES string of the molecule is Cn1cc(C(=O)N2CCC3NCCC3C2)cn1. The van der Waals surface area contributed by atoms with Gasteiger partial charge in [-0.3, -0.25) is 9.48 Å². The van der Waals surface area contributed by atoms with Crippen LogP contribution in [0.5, 0.6) is 0 Å². The molecule has 1 aromatic rings. The van der Waals surface area contributed by atoms with E-state index in [1.54, 1.807) is 17.1 Å². The first-order chi connectivity index (χ1) is 8.24. The van der Waals surface area contributed by atoms with Gasteiger partial charge >= 0.3 is 0 Å². The van der Waals surface area contributed by atoms with Gasteiger partial charge in [-0.2, -0.15) is 5.10 Å². The zero-order valence-electron chi connectivity index (χ0n) is 10.1. The second-order valence-electron chi connectivity index (χ2n) is 5.05. The number of amides is 1. The number of nitrogens with zero attached hydrogens (tertiary/aromatic N) is 3. The summed E-state index contributed by atoms with van der Waals surface area (Å²) in [7, 11) is 1.84. The molecule has 5 heteroatoms. The average Bonchev–Trinajstić information content (AvgIpc) is 2.95. The van der Waals surface area contributed by atoms with E-state index in [2.05, 4.69) is 10.4 Å². The number of carbonyl (C=O) groups is 1. The Morgan fingerprint density at radius 2 is 2.41 bits per heavy atom. The third-order valence-electron chi connectivity index (χ3n) is 3.89. The Balaban J connectivity index is 1.70. The van der Waals surface area contributed by atoms with E-state index in [0.29, 0.717) is 17.5 Å². The van der Waals surface area contributed by atoms with Gasteiger partial charge in [0.2, 0.25) is 0 Å². The van der Waals surface area contributed by atoms with Gasteiger partial charge in [0.15, 0.2) is 0 Å². The lowest BCUT2D eigenvalue weighted by atomic mass is 9.93. The zero-order chi connectivity index (χ0) is 11.8. The smallest absolute Gasteiger partial charge is 0.257 e. The van der Waals surface area contributed by atoms with E-state index in [0.717, 1.165) is 26.1 Å². The van der Waals surface area contributed by atoms with E-state index < -0.39 is 0 Å². The van der Waals surface area contributed by atoms with Gasteiger partial charge in [0.05, 0.1) is 11.8 Å². The molecular formula is C12H18N4O. The molecule has 3 heterocycles. The van der Waals surface area contributed by atoms with E-state index >= 15 is 0 Å². The van der Waals surface area contributed by atoms with Crippen LogP contribution in [-0.2, 0) is 7.05 Å². The van der Waals surface area contributed by atoms with E-state index in [-0.39, 0.29) is 5.91 Å². The third-order valence-corrected chi connectivity index (χ3v) is 3.89. The summed E-state index contributed by atoms with van der Waals surface area (Å²) >= 11 is 0. The van der Waals surface area contributed by atoms with Crippen molar-refractivity contribution in [3.05, 3.63) is 18.0 Å². The van der Waals surface area contributed by atoms with Crippen LogP contribution in [0, 0.1) is 5.92 Å². The Kier molecular flexibility index (Phi) is 2.63. The van der Waals surface area contributed by atoms with E-state index in [1.807, 2.05) is 11.9 Å². The number of hydrogen-bond acceptors (Lipinski definition) is 3. The molecule has 0 saturated carbocycles. The lowest BCUT2D eigenvalue weighted by Gasteiger charge is -2.34. The van der Waals surface area contributed by atoms with Crippen LogP contribution in [0.4, 0.5) is 0 Å². The molecule has 2 aliphatic rings. The van der Waals surface area contributed by atoms with Crippen LogP contribution in [0.1, 0.15) is 23.2 Å². The first-order valence-corrected chi connectivity index (χ1v) is 6.25. The van der Waals surface area contributed by atoms with Crippen LogP contribution < -0.4 is 5.32 Å². The topological polar surface area (TPSA) is 50.2 Å². The standard InChI is InChI=1S/C12H18N4O/c1-15-7-10(6-14-15)12(17)16-5-3-11-9(8-16)2-4-13-11/h6-7,9,11,13H,2-5,8H2,1H3. The van der Waals surface area contributed by atoms with Crippen LogP contribution in [-0.4, -0.2) is 46.3 Å². The van der Waals surface area contributed by atoms with Crippen molar-refractivity contribution in [1.29, 1.82) is 0 Å². The van der Waals surface area contributed by atoms with Crippen molar-refractivity contribution in [3.8, 4) is 0 Å². The highest BCUT2D eigenvalue weighted by atomic mass is 16.2. The molecule has 0 aromatic carbocycles. The van der Waals surface area contributed by atoms with Gasteiger partial charge in [-0.1, -0.05) is 0 Å². The van der Waals surface area contributed by atoms with Crippen LogP contribution >= 0.6 is 0 Å². The summed E-state index contributed by atoms with van der Waals surface area (Å²) in [6, 6.07) is 0.632. The van der Waals surface area contributed by atoms with Crippen molar-refractivity contribution in [2.24, 2.45) is 13.0 Å². The Morgan fingerprint density at radius 3 is 3.18 bits per heavy atom. The minimum absolute atomic E-state index is 0.128. The molecule has 2 unspecified atom stereocenters. The zero-order valence-corrected chi connectivity index (χ0v) is 10.1. The second kappa shape index (κ2) is 4.14. The van der Waals surface area contributed by atoms with E-state index in [9.17, 15) is 4.79 Å². The second-order valence-corrected chi connectivity index (χ2v) is 5.05. The molecule has 1 N–H and O–H groups in total. The molecule has 1 amide bonds. The van der Waals surface area contributed by atoms with Gasteiger partial charge in [-0.25, -0.2) is 0 Å². The number of rotatable bonds is 1. The summed E-state index contributed by atoms with van der Waals surface area (Å²) in [5.74, 6) is 0.771.